The lowest BCUT2D eigenvalue weighted by Gasteiger charge is -2.25. The van der Waals surface area contributed by atoms with Gasteiger partial charge in [-0.05, 0) is 24.6 Å². The molecule has 18 heavy (non-hydrogen) atoms. The van der Waals surface area contributed by atoms with Crippen LogP contribution in [-0.2, 0) is 6.61 Å². The molecule has 0 aliphatic carbocycles. The molecule has 0 aliphatic rings. The zero-order valence-corrected chi connectivity index (χ0v) is 10.7. The molecule has 1 aromatic heterocycles. The fourth-order valence-corrected chi connectivity index (χ4v) is 1.89. The fraction of sp³-hybridized carbons (Fsp3) is 0.357. The molecular formula is C14H18N2O2. The number of pyridine rings is 1. The molecule has 2 rings (SSSR count). The van der Waals surface area contributed by atoms with Gasteiger partial charge in [0.15, 0.2) is 0 Å². The van der Waals surface area contributed by atoms with E-state index < -0.39 is 0 Å². The van der Waals surface area contributed by atoms with Gasteiger partial charge in [-0.3, -0.25) is 0 Å². The first-order valence-electron chi connectivity index (χ1n) is 6.00. The summed E-state index contributed by atoms with van der Waals surface area (Å²) in [6.07, 6.45) is 0. The van der Waals surface area contributed by atoms with Crippen LogP contribution < -0.4 is 4.90 Å². The number of anilines is 1. The third-order valence-corrected chi connectivity index (χ3v) is 3.25. The molecule has 2 N–H and O–H groups in total. The van der Waals surface area contributed by atoms with Crippen LogP contribution >= 0.6 is 0 Å². The first-order valence-corrected chi connectivity index (χ1v) is 6.00. The summed E-state index contributed by atoms with van der Waals surface area (Å²) in [6, 6.07) is 9.60. The van der Waals surface area contributed by atoms with Crippen molar-refractivity contribution < 1.29 is 10.2 Å². The second-order valence-corrected chi connectivity index (χ2v) is 4.46. The van der Waals surface area contributed by atoms with E-state index in [-0.39, 0.29) is 19.3 Å². The normalized spacial score (nSPS) is 12.7. The van der Waals surface area contributed by atoms with E-state index in [4.69, 9.17) is 0 Å². The molecular weight excluding hydrogens is 228 g/mol. The van der Waals surface area contributed by atoms with Gasteiger partial charge in [-0.2, -0.15) is 0 Å². The summed E-state index contributed by atoms with van der Waals surface area (Å²) in [7, 11) is 1.89. The molecule has 1 heterocycles. The number of rotatable bonds is 4. The number of nitrogens with zero attached hydrogens (tertiary/aromatic N) is 2. The van der Waals surface area contributed by atoms with Gasteiger partial charge in [0.2, 0.25) is 0 Å². The van der Waals surface area contributed by atoms with Crippen molar-refractivity contribution in [2.45, 2.75) is 19.6 Å². The molecule has 0 fully saturated rings. The summed E-state index contributed by atoms with van der Waals surface area (Å²) >= 11 is 0. The standard InChI is InChI=1S/C14H18N2O2/c1-10(8-17)16(2)14-7-11(9-18)12-5-3-4-6-13(12)15-14/h3-7,10,17-18H,8-9H2,1-2H3. The zero-order chi connectivity index (χ0) is 13.1. The SMILES string of the molecule is CC(CO)N(C)c1cc(CO)c2ccccc2n1. The van der Waals surface area contributed by atoms with Crippen molar-refractivity contribution in [1.82, 2.24) is 4.98 Å². The first-order chi connectivity index (χ1) is 8.67. The second-order valence-electron chi connectivity index (χ2n) is 4.46. The van der Waals surface area contributed by atoms with E-state index in [1.807, 2.05) is 49.2 Å². The average Bonchev–Trinajstić information content (AvgIpc) is 2.44. The Bertz CT molecular complexity index is 542. The first kappa shape index (κ1) is 12.8. The lowest BCUT2D eigenvalue weighted by Crippen LogP contribution is -2.32. The van der Waals surface area contributed by atoms with Crippen LogP contribution in [-0.4, -0.2) is 34.9 Å². The van der Waals surface area contributed by atoms with Crippen LogP contribution in [0.3, 0.4) is 0 Å². The minimum absolute atomic E-state index is 0.00907. The highest BCUT2D eigenvalue weighted by Gasteiger charge is 2.12. The van der Waals surface area contributed by atoms with Crippen LogP contribution in [0.5, 0.6) is 0 Å². The van der Waals surface area contributed by atoms with Gasteiger partial charge in [-0.15, -0.1) is 0 Å². The van der Waals surface area contributed by atoms with Gasteiger partial charge in [0.05, 0.1) is 24.8 Å². The maximum Gasteiger partial charge on any atom is 0.129 e. The van der Waals surface area contributed by atoms with E-state index >= 15 is 0 Å². The summed E-state index contributed by atoms with van der Waals surface area (Å²) in [4.78, 5) is 6.46. The molecule has 0 amide bonds. The van der Waals surface area contributed by atoms with Gasteiger partial charge in [-0.1, -0.05) is 18.2 Å². The molecule has 0 aliphatic heterocycles. The summed E-state index contributed by atoms with van der Waals surface area (Å²) in [6.45, 7) is 1.98. The van der Waals surface area contributed by atoms with Crippen LogP contribution in [0.1, 0.15) is 12.5 Å². The van der Waals surface area contributed by atoms with E-state index in [0.717, 1.165) is 22.3 Å². The topological polar surface area (TPSA) is 56.6 Å². The van der Waals surface area contributed by atoms with Gasteiger partial charge in [0.25, 0.3) is 0 Å². The number of fused-ring (bicyclic) bond motifs is 1. The Morgan fingerprint density at radius 2 is 2.00 bits per heavy atom. The highest BCUT2D eigenvalue weighted by atomic mass is 16.3. The Labute approximate surface area is 107 Å². The van der Waals surface area contributed by atoms with Crippen molar-refractivity contribution in [3.05, 3.63) is 35.9 Å². The predicted octanol–water partition coefficient (Wildman–Crippen LogP) is 1.54. The van der Waals surface area contributed by atoms with Gasteiger partial charge < -0.3 is 15.1 Å². The largest absolute Gasteiger partial charge is 0.394 e. The maximum absolute atomic E-state index is 9.44. The predicted molar refractivity (Wildman–Crippen MR) is 72.6 cm³/mol. The number of likely N-dealkylation sites (N-methyl/N-ethyl adjacent to an activating group) is 1. The Morgan fingerprint density at radius 1 is 1.28 bits per heavy atom. The molecule has 0 bridgehead atoms. The smallest absolute Gasteiger partial charge is 0.129 e. The molecule has 1 aromatic carbocycles. The Morgan fingerprint density at radius 3 is 2.67 bits per heavy atom. The molecule has 1 unspecified atom stereocenters. The Hall–Kier alpha value is -1.65. The molecule has 0 spiro atoms. The van der Waals surface area contributed by atoms with Gasteiger partial charge >= 0.3 is 0 Å². The highest BCUT2D eigenvalue weighted by Crippen LogP contribution is 2.23. The quantitative estimate of drug-likeness (QED) is 0.859. The minimum atomic E-state index is -0.0165. The summed E-state index contributed by atoms with van der Waals surface area (Å²) in [5.74, 6) is 0.763. The summed E-state index contributed by atoms with van der Waals surface area (Å²) in [5, 5.41) is 19.6. The third-order valence-electron chi connectivity index (χ3n) is 3.25. The number of hydrogen-bond acceptors (Lipinski definition) is 4. The minimum Gasteiger partial charge on any atom is -0.394 e. The molecule has 4 heteroatoms. The molecule has 0 radical (unpaired) electrons. The fourth-order valence-electron chi connectivity index (χ4n) is 1.89. The maximum atomic E-state index is 9.44. The lowest BCUT2D eigenvalue weighted by atomic mass is 10.1. The van der Waals surface area contributed by atoms with Crippen molar-refractivity contribution >= 4 is 16.7 Å². The van der Waals surface area contributed by atoms with Gasteiger partial charge in [0.1, 0.15) is 5.82 Å². The van der Waals surface area contributed by atoms with E-state index in [9.17, 15) is 10.2 Å². The van der Waals surface area contributed by atoms with Crippen LogP contribution in [0.25, 0.3) is 10.9 Å². The number of hydrogen-bond donors (Lipinski definition) is 2. The number of aliphatic hydroxyl groups excluding tert-OH is 2. The van der Waals surface area contributed by atoms with Crippen LogP contribution in [0.15, 0.2) is 30.3 Å². The van der Waals surface area contributed by atoms with Crippen molar-refractivity contribution in [2.75, 3.05) is 18.6 Å². The Balaban J connectivity index is 2.53. The van der Waals surface area contributed by atoms with E-state index in [0.29, 0.717) is 0 Å². The summed E-state index contributed by atoms with van der Waals surface area (Å²) < 4.78 is 0. The average molecular weight is 246 g/mol. The number of aromatic nitrogens is 1. The third kappa shape index (κ3) is 2.30. The molecule has 4 nitrogen and oxygen atoms in total. The van der Waals surface area contributed by atoms with Crippen LogP contribution in [0.2, 0.25) is 0 Å². The number of benzene rings is 1. The number of aliphatic hydroxyl groups is 2. The van der Waals surface area contributed by atoms with E-state index in [2.05, 4.69) is 4.98 Å². The number of para-hydroxylation sites is 1. The van der Waals surface area contributed by atoms with Crippen molar-refractivity contribution in [1.29, 1.82) is 0 Å². The second kappa shape index (κ2) is 5.33. The van der Waals surface area contributed by atoms with Gasteiger partial charge in [0, 0.05) is 12.4 Å². The van der Waals surface area contributed by atoms with Gasteiger partial charge in [-0.25, -0.2) is 4.98 Å². The van der Waals surface area contributed by atoms with E-state index in [1.165, 1.54) is 0 Å². The van der Waals surface area contributed by atoms with Crippen molar-refractivity contribution in [3.8, 4) is 0 Å². The van der Waals surface area contributed by atoms with E-state index in [1.54, 1.807) is 0 Å². The van der Waals surface area contributed by atoms with Crippen molar-refractivity contribution in [3.63, 3.8) is 0 Å². The zero-order valence-electron chi connectivity index (χ0n) is 10.7. The Kier molecular flexibility index (Phi) is 3.79. The monoisotopic (exact) mass is 246 g/mol. The molecule has 1 atom stereocenters. The lowest BCUT2D eigenvalue weighted by molar-refractivity contribution is 0.269. The molecule has 0 saturated carbocycles. The molecule has 2 aromatic rings. The molecule has 0 saturated heterocycles. The van der Waals surface area contributed by atoms with Crippen LogP contribution in [0.4, 0.5) is 5.82 Å². The summed E-state index contributed by atoms with van der Waals surface area (Å²) in [5.41, 5.74) is 1.71. The van der Waals surface area contributed by atoms with Crippen LogP contribution in [0, 0.1) is 0 Å². The van der Waals surface area contributed by atoms with Crippen molar-refractivity contribution in [2.24, 2.45) is 0 Å². The molecule has 96 valence electrons. The highest BCUT2D eigenvalue weighted by molar-refractivity contribution is 5.84.